The van der Waals surface area contributed by atoms with Crippen LogP contribution in [0.15, 0.2) is 60.1 Å². The molecule has 8 nitrogen and oxygen atoms in total. The fourth-order valence-corrected chi connectivity index (χ4v) is 3.28. The van der Waals surface area contributed by atoms with Crippen LogP contribution in [0.5, 0.6) is 0 Å². The van der Waals surface area contributed by atoms with E-state index in [9.17, 15) is 0 Å². The van der Waals surface area contributed by atoms with Gasteiger partial charge >= 0.3 is 0 Å². The van der Waals surface area contributed by atoms with Gasteiger partial charge in [0, 0.05) is 57.4 Å². The first-order valence-electron chi connectivity index (χ1n) is 9.34. The standard InChI is InChI=1S/C20H24N8.HI/c1-26-15-18(14-25-26)17-5-2-4-16(12-17)13-24-19(21)27-8-10-28(11-9-27)20-22-6-3-7-23-20;/h2-7,12,14-15H,8-11,13H2,1H3,(H2,21,24);1H. The molecule has 0 aliphatic carbocycles. The van der Waals surface area contributed by atoms with Crippen molar-refractivity contribution >= 4 is 35.9 Å². The van der Waals surface area contributed by atoms with Gasteiger partial charge < -0.3 is 15.5 Å². The summed E-state index contributed by atoms with van der Waals surface area (Å²) >= 11 is 0. The third kappa shape index (κ3) is 5.22. The Morgan fingerprint density at radius 3 is 2.52 bits per heavy atom. The van der Waals surface area contributed by atoms with Gasteiger partial charge in [-0.1, -0.05) is 18.2 Å². The lowest BCUT2D eigenvalue weighted by Gasteiger charge is -2.35. The summed E-state index contributed by atoms with van der Waals surface area (Å²) in [6, 6.07) is 10.2. The minimum absolute atomic E-state index is 0. The molecule has 2 aromatic heterocycles. The second kappa shape index (κ2) is 9.68. The Hall–Kier alpha value is -2.69. The first-order valence-corrected chi connectivity index (χ1v) is 9.34. The molecule has 1 saturated heterocycles. The molecule has 3 heterocycles. The number of piperazine rings is 1. The summed E-state index contributed by atoms with van der Waals surface area (Å²) in [5, 5.41) is 4.24. The van der Waals surface area contributed by atoms with Crippen molar-refractivity contribution < 1.29 is 0 Å². The topological polar surface area (TPSA) is 88.5 Å². The number of aliphatic imine (C=N–C) groups is 1. The molecular formula is C20H25IN8. The van der Waals surface area contributed by atoms with Gasteiger partial charge in [0.2, 0.25) is 5.95 Å². The van der Waals surface area contributed by atoms with Gasteiger partial charge in [0.15, 0.2) is 5.96 Å². The minimum Gasteiger partial charge on any atom is -0.370 e. The molecule has 0 bridgehead atoms. The fourth-order valence-electron chi connectivity index (χ4n) is 3.28. The molecule has 0 unspecified atom stereocenters. The van der Waals surface area contributed by atoms with Crippen molar-refractivity contribution in [3.05, 3.63) is 60.7 Å². The molecule has 0 radical (unpaired) electrons. The second-order valence-electron chi connectivity index (χ2n) is 6.80. The number of hydrogen-bond acceptors (Lipinski definition) is 5. The molecule has 152 valence electrons. The maximum atomic E-state index is 6.25. The summed E-state index contributed by atoms with van der Waals surface area (Å²) in [6.07, 6.45) is 7.41. The molecule has 1 aliphatic heterocycles. The molecule has 0 atom stereocenters. The lowest BCUT2D eigenvalue weighted by atomic mass is 10.1. The van der Waals surface area contributed by atoms with E-state index >= 15 is 0 Å². The van der Waals surface area contributed by atoms with Crippen molar-refractivity contribution in [2.45, 2.75) is 6.54 Å². The van der Waals surface area contributed by atoms with Crippen LogP contribution < -0.4 is 10.6 Å². The van der Waals surface area contributed by atoms with E-state index in [1.165, 1.54) is 0 Å². The highest BCUT2D eigenvalue weighted by Gasteiger charge is 2.19. The highest BCUT2D eigenvalue weighted by Crippen LogP contribution is 2.20. The largest absolute Gasteiger partial charge is 0.370 e. The number of halogens is 1. The van der Waals surface area contributed by atoms with E-state index < -0.39 is 0 Å². The summed E-state index contributed by atoms with van der Waals surface area (Å²) in [5.74, 6) is 1.35. The van der Waals surface area contributed by atoms with Crippen molar-refractivity contribution in [3.63, 3.8) is 0 Å². The van der Waals surface area contributed by atoms with Gasteiger partial charge in [0.1, 0.15) is 0 Å². The van der Waals surface area contributed by atoms with E-state index in [1.54, 1.807) is 17.1 Å². The van der Waals surface area contributed by atoms with Gasteiger partial charge in [-0.05, 0) is 23.3 Å². The fraction of sp³-hybridized carbons (Fsp3) is 0.300. The number of benzene rings is 1. The van der Waals surface area contributed by atoms with Gasteiger partial charge in [-0.25, -0.2) is 15.0 Å². The van der Waals surface area contributed by atoms with Crippen molar-refractivity contribution in [2.24, 2.45) is 17.8 Å². The van der Waals surface area contributed by atoms with Crippen LogP contribution in [0.3, 0.4) is 0 Å². The number of nitrogens with zero attached hydrogens (tertiary/aromatic N) is 7. The molecule has 0 amide bonds. The summed E-state index contributed by atoms with van der Waals surface area (Å²) in [5.41, 5.74) is 9.60. The smallest absolute Gasteiger partial charge is 0.225 e. The van der Waals surface area contributed by atoms with Crippen molar-refractivity contribution in [2.75, 3.05) is 31.1 Å². The third-order valence-electron chi connectivity index (χ3n) is 4.83. The van der Waals surface area contributed by atoms with Crippen molar-refractivity contribution in [3.8, 4) is 11.1 Å². The zero-order chi connectivity index (χ0) is 19.3. The van der Waals surface area contributed by atoms with Crippen LogP contribution in [0.2, 0.25) is 0 Å². The summed E-state index contributed by atoms with van der Waals surface area (Å²) in [4.78, 5) is 17.5. The van der Waals surface area contributed by atoms with Crippen LogP contribution in [-0.2, 0) is 13.6 Å². The monoisotopic (exact) mass is 504 g/mol. The average Bonchev–Trinajstić information content (AvgIpc) is 3.19. The average molecular weight is 504 g/mol. The lowest BCUT2D eigenvalue weighted by Crippen LogP contribution is -2.51. The molecule has 2 N–H and O–H groups in total. The van der Waals surface area contributed by atoms with Crippen LogP contribution in [0.4, 0.5) is 5.95 Å². The lowest BCUT2D eigenvalue weighted by molar-refractivity contribution is 0.378. The Morgan fingerprint density at radius 1 is 1.07 bits per heavy atom. The molecule has 29 heavy (non-hydrogen) atoms. The number of rotatable bonds is 4. The number of anilines is 1. The van der Waals surface area contributed by atoms with Gasteiger partial charge in [0.05, 0.1) is 12.7 Å². The Bertz CT molecular complexity index is 948. The number of guanidine groups is 1. The number of aromatic nitrogens is 4. The SMILES string of the molecule is Cn1cc(-c2cccc(CN=C(N)N3CCN(c4ncccn4)CC3)c2)cn1.I. The summed E-state index contributed by atoms with van der Waals surface area (Å²) < 4.78 is 1.80. The van der Waals surface area contributed by atoms with E-state index in [0.29, 0.717) is 12.5 Å². The first kappa shape index (κ1) is 21.0. The number of nitrogens with two attached hydrogens (primary N) is 1. The zero-order valence-corrected chi connectivity index (χ0v) is 18.7. The van der Waals surface area contributed by atoms with Crippen LogP contribution >= 0.6 is 24.0 Å². The van der Waals surface area contributed by atoms with Gasteiger partial charge in [-0.3, -0.25) is 4.68 Å². The van der Waals surface area contributed by atoms with E-state index in [0.717, 1.165) is 48.8 Å². The molecule has 1 aromatic carbocycles. The van der Waals surface area contributed by atoms with Gasteiger partial charge in [0.25, 0.3) is 0 Å². The molecule has 3 aromatic rings. The predicted octanol–water partition coefficient (Wildman–Crippen LogP) is 2.13. The zero-order valence-electron chi connectivity index (χ0n) is 16.3. The highest BCUT2D eigenvalue weighted by atomic mass is 127. The quantitative estimate of drug-likeness (QED) is 0.333. The van der Waals surface area contributed by atoms with Crippen LogP contribution in [0, 0.1) is 0 Å². The first-order chi connectivity index (χ1) is 13.7. The normalized spacial score (nSPS) is 14.6. The highest BCUT2D eigenvalue weighted by molar-refractivity contribution is 14.0. The second-order valence-corrected chi connectivity index (χ2v) is 6.80. The molecule has 9 heteroatoms. The molecule has 0 saturated carbocycles. The van der Waals surface area contributed by atoms with E-state index in [4.69, 9.17) is 5.73 Å². The number of aryl methyl sites for hydroxylation is 1. The minimum atomic E-state index is 0. The van der Waals surface area contributed by atoms with Gasteiger partial charge in [-0.2, -0.15) is 5.10 Å². The molecular weight excluding hydrogens is 479 g/mol. The Balaban J connectivity index is 0.00000240. The Kier molecular flexibility index (Phi) is 7.02. The van der Waals surface area contributed by atoms with E-state index in [-0.39, 0.29) is 24.0 Å². The molecule has 1 aliphatic rings. The van der Waals surface area contributed by atoms with Crippen LogP contribution in [0.1, 0.15) is 5.56 Å². The van der Waals surface area contributed by atoms with E-state index in [2.05, 4.69) is 48.1 Å². The predicted molar refractivity (Wildman–Crippen MR) is 125 cm³/mol. The maximum absolute atomic E-state index is 6.25. The number of hydrogen-bond donors (Lipinski definition) is 1. The maximum Gasteiger partial charge on any atom is 0.225 e. The summed E-state index contributed by atoms with van der Waals surface area (Å²) in [7, 11) is 1.92. The van der Waals surface area contributed by atoms with Crippen molar-refractivity contribution in [1.29, 1.82) is 0 Å². The third-order valence-corrected chi connectivity index (χ3v) is 4.83. The van der Waals surface area contributed by atoms with Gasteiger partial charge in [-0.15, -0.1) is 24.0 Å². The molecule has 0 spiro atoms. The Morgan fingerprint density at radius 2 is 1.83 bits per heavy atom. The Labute approximate surface area is 187 Å². The van der Waals surface area contributed by atoms with Crippen LogP contribution in [-0.4, -0.2) is 56.8 Å². The van der Waals surface area contributed by atoms with Crippen LogP contribution in [0.25, 0.3) is 11.1 Å². The summed E-state index contributed by atoms with van der Waals surface area (Å²) in [6.45, 7) is 3.84. The molecule has 1 fully saturated rings. The molecule has 4 rings (SSSR count). The van der Waals surface area contributed by atoms with E-state index in [1.807, 2.05) is 31.6 Å². The van der Waals surface area contributed by atoms with Crippen molar-refractivity contribution in [1.82, 2.24) is 24.6 Å².